The molecule has 3 aliphatic heterocycles. The molecular weight excluding hydrogens is 385 g/mol. The number of pyridine rings is 1. The van der Waals surface area contributed by atoms with Crippen LogP contribution in [0.25, 0.3) is 11.1 Å². The van der Waals surface area contributed by atoms with Crippen molar-refractivity contribution >= 4 is 28.6 Å². The highest BCUT2D eigenvalue weighted by Gasteiger charge is 2.38. The molecule has 0 bridgehead atoms. The van der Waals surface area contributed by atoms with Crippen LogP contribution in [0.5, 0.6) is 0 Å². The first-order valence-electron chi connectivity index (χ1n) is 9.98. The van der Waals surface area contributed by atoms with Crippen molar-refractivity contribution in [3.05, 3.63) is 65.3 Å². The van der Waals surface area contributed by atoms with Crippen LogP contribution in [0.2, 0.25) is 0 Å². The topological polar surface area (TPSA) is 63.7 Å². The normalized spacial score (nSPS) is 22.4. The number of hydrogen-bond acceptors (Lipinski definition) is 5. The van der Waals surface area contributed by atoms with Gasteiger partial charge in [0.15, 0.2) is 0 Å². The second kappa shape index (κ2) is 6.95. The van der Waals surface area contributed by atoms with Crippen LogP contribution in [0.4, 0.5) is 15.9 Å². The van der Waals surface area contributed by atoms with Crippen LogP contribution in [0.1, 0.15) is 25.0 Å². The molecule has 1 aromatic heterocycles. The zero-order chi connectivity index (χ0) is 20.9. The number of ether oxygens (including phenoxy) is 2. The van der Waals surface area contributed by atoms with Crippen LogP contribution < -0.4 is 10.2 Å². The van der Waals surface area contributed by atoms with Crippen LogP contribution in [-0.2, 0) is 14.3 Å². The number of amides is 1. The number of anilines is 2. The summed E-state index contributed by atoms with van der Waals surface area (Å²) in [4.78, 5) is 19.4. The molecule has 1 N–H and O–H groups in total. The van der Waals surface area contributed by atoms with E-state index in [1.54, 1.807) is 6.07 Å². The Hall–Kier alpha value is -3.19. The number of allylic oxidation sites excluding steroid dienone is 1. The molecule has 4 heterocycles. The summed E-state index contributed by atoms with van der Waals surface area (Å²) in [6.07, 6.45) is 3.73. The summed E-state index contributed by atoms with van der Waals surface area (Å²) in [6.45, 7) is 6.99. The summed E-state index contributed by atoms with van der Waals surface area (Å²) in [5, 5.41) is 2.72. The van der Waals surface area contributed by atoms with E-state index >= 15 is 0 Å². The maximum atomic E-state index is 13.5. The average molecular weight is 407 g/mol. The molecule has 0 unspecified atom stereocenters. The van der Waals surface area contributed by atoms with Crippen LogP contribution in [-0.4, -0.2) is 42.8 Å². The Labute approximate surface area is 174 Å². The molecule has 30 heavy (non-hydrogen) atoms. The van der Waals surface area contributed by atoms with Crippen LogP contribution in [0.15, 0.2) is 48.4 Å². The molecule has 7 heteroatoms. The van der Waals surface area contributed by atoms with Crippen LogP contribution in [0.3, 0.4) is 0 Å². The minimum Gasteiger partial charge on any atom is -0.482 e. The van der Waals surface area contributed by atoms with Gasteiger partial charge in [0.05, 0.1) is 24.5 Å². The van der Waals surface area contributed by atoms with Gasteiger partial charge in [-0.15, -0.1) is 0 Å². The Morgan fingerprint density at radius 3 is 2.70 bits per heavy atom. The number of morpholine rings is 1. The lowest BCUT2D eigenvalue weighted by molar-refractivity contribution is -0.111. The largest absolute Gasteiger partial charge is 0.482 e. The Kier molecular flexibility index (Phi) is 4.36. The van der Waals surface area contributed by atoms with Gasteiger partial charge in [0.25, 0.3) is 5.91 Å². The van der Waals surface area contributed by atoms with E-state index in [1.165, 1.54) is 12.1 Å². The first kappa shape index (κ1) is 18.8. The maximum absolute atomic E-state index is 13.5. The fourth-order valence-corrected chi connectivity index (χ4v) is 4.13. The second-order valence-corrected chi connectivity index (χ2v) is 8.06. The third-order valence-electron chi connectivity index (χ3n) is 5.66. The molecule has 0 atom stereocenters. The van der Waals surface area contributed by atoms with Crippen molar-refractivity contribution < 1.29 is 18.7 Å². The number of nitrogens with zero attached hydrogens (tertiary/aromatic N) is 2. The van der Waals surface area contributed by atoms with Crippen molar-refractivity contribution in [2.75, 3.05) is 36.5 Å². The number of nitrogens with one attached hydrogen (secondary N) is 1. The number of halogens is 1. The lowest BCUT2D eigenvalue weighted by atomic mass is 9.93. The van der Waals surface area contributed by atoms with Gasteiger partial charge < -0.3 is 19.7 Å². The number of carbonyl (C=O) groups is 1. The quantitative estimate of drug-likeness (QED) is 0.771. The average Bonchev–Trinajstić information content (AvgIpc) is 3.23. The molecule has 3 aliphatic rings. The second-order valence-electron chi connectivity index (χ2n) is 8.06. The first-order chi connectivity index (χ1) is 14.4. The number of hydrogen-bond donors (Lipinski definition) is 1. The molecule has 5 rings (SSSR count). The molecule has 1 saturated heterocycles. The summed E-state index contributed by atoms with van der Waals surface area (Å²) in [5.74, 6) is 0.717. The van der Waals surface area contributed by atoms with E-state index in [1.807, 2.05) is 38.3 Å². The molecule has 2 aromatic rings. The monoisotopic (exact) mass is 407 g/mol. The standard InChI is InChI=1S/C23H22FN3O3/c1-23(2)17(14-3-6-20(25-13-14)27-7-9-29-10-8-27)12-19(30-23)21-16-5-4-15(24)11-18(16)26-22(21)28/h3-6,11-13H,7-10H2,1-2H3,(H,26,28). The van der Waals surface area contributed by atoms with E-state index in [9.17, 15) is 9.18 Å². The summed E-state index contributed by atoms with van der Waals surface area (Å²) in [7, 11) is 0. The SMILES string of the molecule is CC1(C)OC(=C2C(=O)Nc3cc(F)ccc32)C=C1c1ccc(N2CCOCC2)nc1. The number of carbonyl (C=O) groups excluding carboxylic acids is 1. The third kappa shape index (κ3) is 3.15. The van der Waals surface area contributed by atoms with Gasteiger partial charge in [-0.25, -0.2) is 9.37 Å². The van der Waals surface area contributed by atoms with Crippen molar-refractivity contribution in [1.82, 2.24) is 4.98 Å². The molecule has 154 valence electrons. The van der Waals surface area contributed by atoms with Crippen molar-refractivity contribution in [3.63, 3.8) is 0 Å². The molecule has 0 saturated carbocycles. The lowest BCUT2D eigenvalue weighted by Crippen LogP contribution is -2.36. The van der Waals surface area contributed by atoms with Gasteiger partial charge in [0.1, 0.15) is 23.0 Å². The summed E-state index contributed by atoms with van der Waals surface area (Å²) < 4.78 is 25.1. The van der Waals surface area contributed by atoms with Gasteiger partial charge >= 0.3 is 0 Å². The summed E-state index contributed by atoms with van der Waals surface area (Å²) >= 11 is 0. The Morgan fingerprint density at radius 2 is 1.97 bits per heavy atom. The molecule has 1 amide bonds. The maximum Gasteiger partial charge on any atom is 0.260 e. The predicted octanol–water partition coefficient (Wildman–Crippen LogP) is 3.61. The molecule has 0 spiro atoms. The van der Waals surface area contributed by atoms with Crippen LogP contribution in [0, 0.1) is 5.82 Å². The molecule has 1 fully saturated rings. The Morgan fingerprint density at radius 1 is 1.17 bits per heavy atom. The van der Waals surface area contributed by atoms with Gasteiger partial charge in [-0.2, -0.15) is 0 Å². The number of aromatic nitrogens is 1. The van der Waals surface area contributed by atoms with Gasteiger partial charge in [-0.3, -0.25) is 4.79 Å². The lowest BCUT2D eigenvalue weighted by Gasteiger charge is -2.28. The molecular formula is C23H22FN3O3. The van der Waals surface area contributed by atoms with Gasteiger partial charge in [-0.05, 0) is 50.3 Å². The van der Waals surface area contributed by atoms with E-state index in [0.717, 1.165) is 30.0 Å². The fourth-order valence-electron chi connectivity index (χ4n) is 4.13. The minimum atomic E-state index is -0.631. The van der Waals surface area contributed by atoms with Gasteiger partial charge in [-0.1, -0.05) is 0 Å². The molecule has 0 radical (unpaired) electrons. The summed E-state index contributed by atoms with van der Waals surface area (Å²) in [5.41, 5.74) is 2.77. The van der Waals surface area contributed by atoms with Crippen LogP contribution >= 0.6 is 0 Å². The van der Waals surface area contributed by atoms with Crippen molar-refractivity contribution in [2.45, 2.75) is 19.4 Å². The number of rotatable bonds is 2. The Bertz CT molecular complexity index is 1080. The fraction of sp³-hybridized carbons (Fsp3) is 0.304. The van der Waals surface area contributed by atoms with Crippen molar-refractivity contribution in [1.29, 1.82) is 0 Å². The summed E-state index contributed by atoms with van der Waals surface area (Å²) in [6, 6.07) is 8.30. The van der Waals surface area contributed by atoms with E-state index in [-0.39, 0.29) is 5.91 Å². The van der Waals surface area contributed by atoms with Crippen molar-refractivity contribution in [3.8, 4) is 0 Å². The van der Waals surface area contributed by atoms with E-state index in [0.29, 0.717) is 35.8 Å². The zero-order valence-corrected chi connectivity index (χ0v) is 16.9. The van der Waals surface area contributed by atoms with E-state index in [2.05, 4.69) is 15.2 Å². The number of benzene rings is 1. The van der Waals surface area contributed by atoms with E-state index < -0.39 is 11.4 Å². The Balaban J connectivity index is 1.51. The highest BCUT2D eigenvalue weighted by Crippen LogP contribution is 2.44. The first-order valence-corrected chi connectivity index (χ1v) is 9.98. The highest BCUT2D eigenvalue weighted by molar-refractivity contribution is 6.32. The molecule has 1 aromatic carbocycles. The van der Waals surface area contributed by atoms with Crippen molar-refractivity contribution in [2.24, 2.45) is 0 Å². The minimum absolute atomic E-state index is 0.292. The molecule has 6 nitrogen and oxygen atoms in total. The van der Waals surface area contributed by atoms with Gasteiger partial charge in [0.2, 0.25) is 0 Å². The molecule has 0 aliphatic carbocycles. The predicted molar refractivity (Wildman–Crippen MR) is 112 cm³/mol. The third-order valence-corrected chi connectivity index (χ3v) is 5.66. The smallest absolute Gasteiger partial charge is 0.260 e. The number of fused-ring (bicyclic) bond motifs is 1. The van der Waals surface area contributed by atoms with E-state index in [4.69, 9.17) is 9.47 Å². The zero-order valence-electron chi connectivity index (χ0n) is 16.9. The highest BCUT2D eigenvalue weighted by atomic mass is 19.1. The van der Waals surface area contributed by atoms with Gasteiger partial charge in [0, 0.05) is 36.0 Å².